The first-order valence-corrected chi connectivity index (χ1v) is 11.7. The Morgan fingerprint density at radius 3 is 2.32 bits per heavy atom. The highest BCUT2D eigenvalue weighted by Gasteiger charge is 2.57. The number of hydrogen-bond acceptors (Lipinski definition) is 6. The van der Waals surface area contributed by atoms with Crippen molar-refractivity contribution in [1.29, 1.82) is 0 Å². The normalized spacial score (nSPS) is 24.6. The Morgan fingerprint density at radius 1 is 0.971 bits per heavy atom. The summed E-state index contributed by atoms with van der Waals surface area (Å²) in [5.74, 6) is -0.675. The van der Waals surface area contributed by atoms with Gasteiger partial charge in [-0.25, -0.2) is 9.50 Å². The molecular formula is C27H30N4O3. The lowest BCUT2D eigenvalue weighted by Gasteiger charge is -2.35. The van der Waals surface area contributed by atoms with E-state index < -0.39 is 5.79 Å². The summed E-state index contributed by atoms with van der Waals surface area (Å²) in [4.78, 5) is 4.14. The Kier molecular flexibility index (Phi) is 6.32. The van der Waals surface area contributed by atoms with E-state index in [1.54, 1.807) is 4.52 Å². The van der Waals surface area contributed by atoms with Gasteiger partial charge in [0.1, 0.15) is 23.6 Å². The van der Waals surface area contributed by atoms with Crippen molar-refractivity contribution in [3.63, 3.8) is 0 Å². The lowest BCUT2D eigenvalue weighted by Crippen LogP contribution is -2.44. The number of benzene rings is 2. The highest BCUT2D eigenvalue weighted by molar-refractivity contribution is 5.65. The number of anilines is 1. The summed E-state index contributed by atoms with van der Waals surface area (Å²) in [5, 5.41) is 4.49. The summed E-state index contributed by atoms with van der Waals surface area (Å²) in [6.45, 7) is 5.10. The van der Waals surface area contributed by atoms with E-state index in [2.05, 4.69) is 36.1 Å². The molecule has 7 heteroatoms. The molecule has 4 atom stereocenters. The van der Waals surface area contributed by atoms with Crippen molar-refractivity contribution < 1.29 is 14.2 Å². The van der Waals surface area contributed by atoms with Crippen molar-refractivity contribution in [1.82, 2.24) is 14.6 Å². The molecule has 5 rings (SSSR count). The first-order chi connectivity index (χ1) is 16.6. The number of nitrogens with zero attached hydrogens (tertiary/aromatic N) is 3. The summed E-state index contributed by atoms with van der Waals surface area (Å²) >= 11 is 0. The lowest BCUT2D eigenvalue weighted by molar-refractivity contribution is -0.286. The lowest BCUT2D eigenvalue weighted by atomic mass is 9.93. The van der Waals surface area contributed by atoms with Crippen molar-refractivity contribution in [2.75, 3.05) is 5.73 Å². The molecule has 1 saturated heterocycles. The quantitative estimate of drug-likeness (QED) is 0.412. The zero-order chi connectivity index (χ0) is 23.5. The van der Waals surface area contributed by atoms with E-state index in [0.717, 1.165) is 23.2 Å². The fraction of sp³-hybridized carbons (Fsp3) is 0.333. The molecule has 7 nitrogen and oxygen atoms in total. The van der Waals surface area contributed by atoms with E-state index in [1.807, 2.05) is 60.7 Å². The van der Waals surface area contributed by atoms with E-state index in [-0.39, 0.29) is 18.1 Å². The van der Waals surface area contributed by atoms with Crippen LogP contribution in [0.15, 0.2) is 79.1 Å². The van der Waals surface area contributed by atoms with Gasteiger partial charge < -0.3 is 19.9 Å². The number of nitrogens with two attached hydrogens (primary N) is 1. The van der Waals surface area contributed by atoms with Gasteiger partial charge in [0.15, 0.2) is 5.82 Å². The number of ether oxygens (including phenoxy) is 3. The zero-order valence-electron chi connectivity index (χ0n) is 19.5. The molecule has 3 heterocycles. The standard InChI is InChI=1S/C27H30N4O3/c1-3-23-19(2)25(32-16-20-10-6-4-7-11-20)27(34-23,33-17-21-12-8-5-9-13-21)24-15-14-22-26(28)29-18-30-31(22)24/h4-15,18-19,23,25H,3,16-17H2,1-2H3,(H2,28,29,30)/t19-,23-,25-,27?/m1/s1. The third-order valence-corrected chi connectivity index (χ3v) is 6.57. The van der Waals surface area contributed by atoms with Gasteiger partial charge in [-0.05, 0) is 29.7 Å². The molecule has 0 bridgehead atoms. The van der Waals surface area contributed by atoms with Crippen LogP contribution in [0, 0.1) is 5.92 Å². The SMILES string of the molecule is CC[C@H]1OC(OCc2ccccc2)(c2ccc3c(N)ncnn23)[C@H](OCc2ccccc2)[C@@H]1C. The zero-order valence-corrected chi connectivity index (χ0v) is 19.5. The summed E-state index contributed by atoms with van der Waals surface area (Å²) in [7, 11) is 0. The summed E-state index contributed by atoms with van der Waals surface area (Å²) in [6.07, 6.45) is 1.88. The minimum atomic E-state index is -1.17. The highest BCUT2D eigenvalue weighted by Crippen LogP contribution is 2.47. The predicted molar refractivity (Wildman–Crippen MR) is 130 cm³/mol. The monoisotopic (exact) mass is 458 g/mol. The van der Waals surface area contributed by atoms with E-state index in [4.69, 9.17) is 19.9 Å². The maximum absolute atomic E-state index is 6.76. The van der Waals surface area contributed by atoms with Crippen LogP contribution in [0.4, 0.5) is 5.82 Å². The van der Waals surface area contributed by atoms with Gasteiger partial charge in [-0.15, -0.1) is 0 Å². The summed E-state index contributed by atoms with van der Waals surface area (Å²) < 4.78 is 21.8. The number of hydrogen-bond donors (Lipinski definition) is 1. The van der Waals surface area contributed by atoms with Crippen molar-refractivity contribution in [3.8, 4) is 0 Å². The second-order valence-corrected chi connectivity index (χ2v) is 8.74. The second-order valence-electron chi connectivity index (χ2n) is 8.74. The molecule has 0 saturated carbocycles. The molecule has 34 heavy (non-hydrogen) atoms. The average molecular weight is 459 g/mol. The van der Waals surface area contributed by atoms with Gasteiger partial charge in [0.2, 0.25) is 5.79 Å². The van der Waals surface area contributed by atoms with Crippen LogP contribution >= 0.6 is 0 Å². The van der Waals surface area contributed by atoms with Crippen LogP contribution in [0.25, 0.3) is 5.52 Å². The number of rotatable bonds is 8. The van der Waals surface area contributed by atoms with Crippen LogP contribution in [-0.2, 0) is 33.2 Å². The summed E-state index contributed by atoms with van der Waals surface area (Å²) in [5.41, 5.74) is 9.74. The van der Waals surface area contributed by atoms with Crippen LogP contribution in [0.3, 0.4) is 0 Å². The Morgan fingerprint density at radius 2 is 1.65 bits per heavy atom. The maximum atomic E-state index is 6.76. The van der Waals surface area contributed by atoms with Gasteiger partial charge in [0.05, 0.1) is 19.3 Å². The smallest absolute Gasteiger partial charge is 0.240 e. The molecule has 1 unspecified atom stereocenters. The molecule has 0 amide bonds. The number of fused-ring (bicyclic) bond motifs is 1. The fourth-order valence-corrected chi connectivity index (χ4v) is 4.79. The first kappa shape index (κ1) is 22.5. The van der Waals surface area contributed by atoms with Crippen LogP contribution in [0.2, 0.25) is 0 Å². The molecule has 0 aliphatic carbocycles. The third-order valence-electron chi connectivity index (χ3n) is 6.57. The van der Waals surface area contributed by atoms with E-state index in [0.29, 0.717) is 24.5 Å². The molecule has 2 aromatic carbocycles. The molecule has 0 radical (unpaired) electrons. The minimum Gasteiger partial charge on any atom is -0.382 e. The number of nitrogen functional groups attached to an aromatic ring is 1. The molecule has 0 spiro atoms. The van der Waals surface area contributed by atoms with Crippen LogP contribution < -0.4 is 5.73 Å². The van der Waals surface area contributed by atoms with E-state index in [1.165, 1.54) is 6.33 Å². The number of aromatic nitrogens is 3. The maximum Gasteiger partial charge on any atom is 0.240 e. The van der Waals surface area contributed by atoms with Crippen LogP contribution in [-0.4, -0.2) is 26.8 Å². The highest BCUT2D eigenvalue weighted by atomic mass is 16.7. The first-order valence-electron chi connectivity index (χ1n) is 11.7. The fourth-order valence-electron chi connectivity index (χ4n) is 4.79. The van der Waals surface area contributed by atoms with Gasteiger partial charge in [0, 0.05) is 5.92 Å². The molecule has 2 N–H and O–H groups in total. The summed E-state index contributed by atoms with van der Waals surface area (Å²) in [6, 6.07) is 24.1. The van der Waals surface area contributed by atoms with Crippen molar-refractivity contribution in [2.24, 2.45) is 5.92 Å². The molecule has 4 aromatic rings. The Hall–Kier alpha value is -3.26. The van der Waals surface area contributed by atoms with Crippen LogP contribution in [0.5, 0.6) is 0 Å². The predicted octanol–water partition coefficient (Wildman–Crippen LogP) is 4.71. The van der Waals surface area contributed by atoms with Gasteiger partial charge >= 0.3 is 0 Å². The average Bonchev–Trinajstić information content (AvgIpc) is 3.43. The molecule has 2 aromatic heterocycles. The largest absolute Gasteiger partial charge is 0.382 e. The molecule has 1 aliphatic rings. The third kappa shape index (κ3) is 4.07. The van der Waals surface area contributed by atoms with Gasteiger partial charge in [-0.1, -0.05) is 74.5 Å². The van der Waals surface area contributed by atoms with Crippen LogP contribution in [0.1, 0.15) is 37.1 Å². The topological polar surface area (TPSA) is 83.9 Å². The Balaban J connectivity index is 1.58. The van der Waals surface area contributed by atoms with Gasteiger partial charge in [-0.2, -0.15) is 5.10 Å². The minimum absolute atomic E-state index is 0.0405. The Bertz CT molecular complexity index is 1230. The molecule has 1 aliphatic heterocycles. The van der Waals surface area contributed by atoms with Crippen molar-refractivity contribution >= 4 is 11.3 Å². The van der Waals surface area contributed by atoms with E-state index in [9.17, 15) is 0 Å². The van der Waals surface area contributed by atoms with Crippen molar-refractivity contribution in [3.05, 3.63) is 95.9 Å². The van der Waals surface area contributed by atoms with Gasteiger partial charge in [-0.3, -0.25) is 0 Å². The molecule has 176 valence electrons. The van der Waals surface area contributed by atoms with Crippen molar-refractivity contribution in [2.45, 2.75) is 51.5 Å². The molecule has 1 fully saturated rings. The van der Waals surface area contributed by atoms with E-state index >= 15 is 0 Å². The molecular weight excluding hydrogens is 428 g/mol. The second kappa shape index (κ2) is 9.54. The van der Waals surface area contributed by atoms with Gasteiger partial charge in [0.25, 0.3) is 0 Å². The Labute approximate surface area is 199 Å².